The predicted octanol–water partition coefficient (Wildman–Crippen LogP) is 5.09. The maximum absolute atomic E-state index is 11.3. The van der Waals surface area contributed by atoms with Crippen molar-refractivity contribution >= 4 is 22.9 Å². The second-order valence-corrected chi connectivity index (χ2v) is 6.77. The van der Waals surface area contributed by atoms with Gasteiger partial charge in [-0.05, 0) is 68.1 Å². The molecule has 1 aliphatic carbocycles. The molecule has 4 rings (SSSR count). The SMILES string of the molecule is Cc1ccc2nc(-c3c(C)cc(C(=O)O)cc3C)c3c(c2c1)CC=C3. The van der Waals surface area contributed by atoms with Gasteiger partial charge in [-0.15, -0.1) is 0 Å². The zero-order valence-corrected chi connectivity index (χ0v) is 14.6. The molecule has 0 atom stereocenters. The summed E-state index contributed by atoms with van der Waals surface area (Å²) in [7, 11) is 0. The van der Waals surface area contributed by atoms with Gasteiger partial charge in [0, 0.05) is 16.5 Å². The lowest BCUT2D eigenvalue weighted by Crippen LogP contribution is -2.02. The number of carboxylic acids is 1. The number of rotatable bonds is 2. The van der Waals surface area contributed by atoms with Gasteiger partial charge >= 0.3 is 5.97 Å². The average molecular weight is 329 g/mol. The first-order valence-corrected chi connectivity index (χ1v) is 8.40. The standard InChI is InChI=1S/C22H19NO2/c1-12-7-8-19-18(9-12)16-5-4-6-17(16)21(23-19)20-13(2)10-15(22(24)25)11-14(20)3/h4,6-11H,5H2,1-3H3,(H,24,25). The number of aromatic carboxylic acids is 1. The summed E-state index contributed by atoms with van der Waals surface area (Å²) in [5.74, 6) is -0.898. The second-order valence-electron chi connectivity index (χ2n) is 6.77. The highest BCUT2D eigenvalue weighted by atomic mass is 16.4. The number of aromatic nitrogens is 1. The average Bonchev–Trinajstić information content (AvgIpc) is 3.04. The van der Waals surface area contributed by atoms with Crippen molar-refractivity contribution in [1.82, 2.24) is 4.98 Å². The van der Waals surface area contributed by atoms with Crippen LogP contribution in [0, 0.1) is 20.8 Å². The van der Waals surface area contributed by atoms with E-state index in [1.807, 2.05) is 13.8 Å². The number of nitrogens with zero attached hydrogens (tertiary/aromatic N) is 1. The number of aryl methyl sites for hydroxylation is 3. The lowest BCUT2D eigenvalue weighted by molar-refractivity contribution is 0.0696. The van der Waals surface area contributed by atoms with Crippen molar-refractivity contribution in [2.24, 2.45) is 0 Å². The van der Waals surface area contributed by atoms with Crippen LogP contribution in [0.3, 0.4) is 0 Å². The Kier molecular flexibility index (Phi) is 3.46. The normalized spacial score (nSPS) is 12.6. The molecular formula is C22H19NO2. The summed E-state index contributed by atoms with van der Waals surface area (Å²) in [4.78, 5) is 16.3. The van der Waals surface area contributed by atoms with Crippen LogP contribution in [0.15, 0.2) is 36.4 Å². The molecule has 124 valence electrons. The van der Waals surface area contributed by atoms with Gasteiger partial charge in [-0.1, -0.05) is 23.8 Å². The van der Waals surface area contributed by atoms with E-state index in [1.54, 1.807) is 12.1 Å². The van der Waals surface area contributed by atoms with Crippen LogP contribution in [0.2, 0.25) is 0 Å². The molecular weight excluding hydrogens is 310 g/mol. The third-order valence-corrected chi connectivity index (χ3v) is 4.91. The Bertz CT molecular complexity index is 1050. The predicted molar refractivity (Wildman–Crippen MR) is 101 cm³/mol. The highest BCUT2D eigenvalue weighted by Crippen LogP contribution is 2.38. The van der Waals surface area contributed by atoms with Crippen LogP contribution in [-0.2, 0) is 6.42 Å². The highest BCUT2D eigenvalue weighted by molar-refractivity contribution is 5.95. The number of carboxylic acid groups (broad SMARTS) is 1. The first-order valence-electron chi connectivity index (χ1n) is 8.40. The molecule has 0 saturated carbocycles. The second kappa shape index (κ2) is 5.55. The summed E-state index contributed by atoms with van der Waals surface area (Å²) >= 11 is 0. The van der Waals surface area contributed by atoms with Crippen molar-refractivity contribution in [3.63, 3.8) is 0 Å². The number of allylic oxidation sites excluding steroid dienone is 1. The molecule has 3 heteroatoms. The fourth-order valence-electron chi connectivity index (χ4n) is 3.80. The van der Waals surface area contributed by atoms with E-state index in [0.29, 0.717) is 5.56 Å². The van der Waals surface area contributed by atoms with Crippen LogP contribution in [0.5, 0.6) is 0 Å². The molecule has 3 aromatic rings. The molecule has 0 radical (unpaired) electrons. The molecule has 1 aromatic heterocycles. The van der Waals surface area contributed by atoms with E-state index < -0.39 is 5.97 Å². The van der Waals surface area contributed by atoms with E-state index in [1.165, 1.54) is 16.5 Å². The third-order valence-electron chi connectivity index (χ3n) is 4.91. The molecule has 3 nitrogen and oxygen atoms in total. The first kappa shape index (κ1) is 15.6. The van der Waals surface area contributed by atoms with Crippen molar-refractivity contribution in [3.8, 4) is 11.3 Å². The smallest absolute Gasteiger partial charge is 0.335 e. The van der Waals surface area contributed by atoms with Gasteiger partial charge in [0.15, 0.2) is 0 Å². The van der Waals surface area contributed by atoms with Crippen molar-refractivity contribution in [3.05, 3.63) is 69.8 Å². The molecule has 0 aliphatic heterocycles. The van der Waals surface area contributed by atoms with Gasteiger partial charge < -0.3 is 5.11 Å². The van der Waals surface area contributed by atoms with E-state index in [-0.39, 0.29) is 0 Å². The van der Waals surface area contributed by atoms with Crippen molar-refractivity contribution in [2.45, 2.75) is 27.2 Å². The van der Waals surface area contributed by atoms with Crippen molar-refractivity contribution in [2.75, 3.05) is 0 Å². The minimum Gasteiger partial charge on any atom is -0.478 e. The summed E-state index contributed by atoms with van der Waals surface area (Å²) in [5, 5.41) is 10.5. The first-order chi connectivity index (χ1) is 12.0. The molecule has 0 unspecified atom stereocenters. The lowest BCUT2D eigenvalue weighted by atomic mass is 9.91. The van der Waals surface area contributed by atoms with E-state index in [9.17, 15) is 9.90 Å². The topological polar surface area (TPSA) is 50.2 Å². The van der Waals surface area contributed by atoms with Gasteiger partial charge in [-0.25, -0.2) is 9.78 Å². The lowest BCUT2D eigenvalue weighted by Gasteiger charge is -2.16. The minimum atomic E-state index is -0.898. The molecule has 1 aliphatic rings. The Labute approximate surface area is 146 Å². The molecule has 1 N–H and O–H groups in total. The number of pyridine rings is 1. The Morgan fingerprint density at radius 1 is 1.08 bits per heavy atom. The van der Waals surface area contributed by atoms with E-state index >= 15 is 0 Å². The maximum Gasteiger partial charge on any atom is 0.335 e. The fourth-order valence-corrected chi connectivity index (χ4v) is 3.80. The Balaban J connectivity index is 2.04. The molecule has 0 fully saturated rings. The largest absolute Gasteiger partial charge is 0.478 e. The zero-order valence-electron chi connectivity index (χ0n) is 14.6. The summed E-state index contributed by atoms with van der Waals surface area (Å²) in [6, 6.07) is 9.82. The quantitative estimate of drug-likeness (QED) is 0.712. The third kappa shape index (κ3) is 2.43. The molecule has 2 aromatic carbocycles. The number of hydrogen-bond donors (Lipinski definition) is 1. The Morgan fingerprint density at radius 2 is 1.80 bits per heavy atom. The van der Waals surface area contributed by atoms with Gasteiger partial charge in [-0.2, -0.15) is 0 Å². The van der Waals surface area contributed by atoms with Crippen LogP contribution in [-0.4, -0.2) is 16.1 Å². The summed E-state index contributed by atoms with van der Waals surface area (Å²) < 4.78 is 0. The molecule has 25 heavy (non-hydrogen) atoms. The van der Waals surface area contributed by atoms with E-state index in [2.05, 4.69) is 37.3 Å². The van der Waals surface area contributed by atoms with Crippen molar-refractivity contribution < 1.29 is 9.90 Å². The number of hydrogen-bond acceptors (Lipinski definition) is 2. The number of carbonyl (C=O) groups is 1. The summed E-state index contributed by atoms with van der Waals surface area (Å²) in [6.07, 6.45) is 5.23. The number of fused-ring (bicyclic) bond motifs is 3. The molecule has 0 amide bonds. The van der Waals surface area contributed by atoms with Crippen LogP contribution < -0.4 is 0 Å². The molecule has 0 saturated heterocycles. The van der Waals surface area contributed by atoms with E-state index in [4.69, 9.17) is 4.98 Å². The summed E-state index contributed by atoms with van der Waals surface area (Å²) in [6.45, 7) is 6.02. The van der Waals surface area contributed by atoms with Crippen LogP contribution >= 0.6 is 0 Å². The van der Waals surface area contributed by atoms with Gasteiger partial charge in [-0.3, -0.25) is 0 Å². The van der Waals surface area contributed by atoms with Gasteiger partial charge in [0.1, 0.15) is 0 Å². The van der Waals surface area contributed by atoms with Crippen LogP contribution in [0.25, 0.3) is 28.2 Å². The monoisotopic (exact) mass is 329 g/mol. The van der Waals surface area contributed by atoms with Gasteiger partial charge in [0.2, 0.25) is 0 Å². The molecule has 0 bridgehead atoms. The van der Waals surface area contributed by atoms with E-state index in [0.717, 1.165) is 39.9 Å². The highest BCUT2D eigenvalue weighted by Gasteiger charge is 2.20. The minimum absolute atomic E-state index is 0.322. The van der Waals surface area contributed by atoms with Gasteiger partial charge in [0.05, 0.1) is 16.8 Å². The fraction of sp³-hybridized carbons (Fsp3) is 0.182. The number of benzene rings is 2. The van der Waals surface area contributed by atoms with Crippen LogP contribution in [0.1, 0.15) is 38.2 Å². The molecule has 1 heterocycles. The Morgan fingerprint density at radius 3 is 2.48 bits per heavy atom. The van der Waals surface area contributed by atoms with Gasteiger partial charge in [0.25, 0.3) is 0 Å². The van der Waals surface area contributed by atoms with Crippen LogP contribution in [0.4, 0.5) is 0 Å². The Hall–Kier alpha value is -2.94. The molecule has 0 spiro atoms. The van der Waals surface area contributed by atoms with Crippen molar-refractivity contribution in [1.29, 1.82) is 0 Å². The maximum atomic E-state index is 11.3. The summed E-state index contributed by atoms with van der Waals surface area (Å²) in [5.41, 5.74) is 8.89. The zero-order chi connectivity index (χ0) is 17.7.